The lowest BCUT2D eigenvalue weighted by atomic mass is 10.1. The maximum Gasteiger partial charge on any atom is 0.251 e. The van der Waals surface area contributed by atoms with E-state index in [1.165, 1.54) is 0 Å². The first-order valence-corrected chi connectivity index (χ1v) is 10.7. The Hall–Kier alpha value is -1.84. The first-order valence-electron chi connectivity index (χ1n) is 10.7. The maximum atomic E-state index is 12.2. The molecule has 0 aliphatic carbocycles. The van der Waals surface area contributed by atoms with Gasteiger partial charge in [0.05, 0.1) is 6.54 Å². The van der Waals surface area contributed by atoms with Crippen molar-refractivity contribution >= 4 is 41.8 Å². The highest BCUT2D eigenvalue weighted by Crippen LogP contribution is 2.09. The maximum absolute atomic E-state index is 12.2. The van der Waals surface area contributed by atoms with Gasteiger partial charge in [0.15, 0.2) is 5.96 Å². The second kappa shape index (κ2) is 14.2. The second-order valence-electron chi connectivity index (χ2n) is 7.44. The van der Waals surface area contributed by atoms with Crippen molar-refractivity contribution in [3.63, 3.8) is 0 Å². The standard InChI is InChI=1S/C22H35N5O2.HI/c1-4-17(3)26-21(29)19-11-9-18(10-12-19)16-25-22(23-5-2)24-13-7-15-27-14-6-8-20(27)28;/h9-12,17H,4-8,13-16H2,1-3H3,(H,26,29)(H2,23,24,25);1H. The van der Waals surface area contributed by atoms with E-state index in [1.54, 1.807) is 0 Å². The fraction of sp³-hybridized carbons (Fsp3) is 0.591. The molecule has 0 aromatic heterocycles. The summed E-state index contributed by atoms with van der Waals surface area (Å²) in [4.78, 5) is 30.4. The number of nitrogens with one attached hydrogen (secondary N) is 3. The summed E-state index contributed by atoms with van der Waals surface area (Å²) < 4.78 is 0. The summed E-state index contributed by atoms with van der Waals surface area (Å²) in [7, 11) is 0. The molecule has 0 spiro atoms. The smallest absolute Gasteiger partial charge is 0.251 e. The van der Waals surface area contributed by atoms with Gasteiger partial charge >= 0.3 is 0 Å². The predicted octanol–water partition coefficient (Wildman–Crippen LogP) is 2.90. The summed E-state index contributed by atoms with van der Waals surface area (Å²) in [6, 6.07) is 7.74. The molecule has 168 valence electrons. The van der Waals surface area contributed by atoms with E-state index in [0.29, 0.717) is 18.5 Å². The Morgan fingerprint density at radius 1 is 1.20 bits per heavy atom. The van der Waals surface area contributed by atoms with Gasteiger partial charge in [0.2, 0.25) is 5.91 Å². The van der Waals surface area contributed by atoms with E-state index < -0.39 is 0 Å². The van der Waals surface area contributed by atoms with Crippen molar-refractivity contribution in [3.05, 3.63) is 35.4 Å². The molecule has 1 atom stereocenters. The van der Waals surface area contributed by atoms with Crippen molar-refractivity contribution in [2.24, 2.45) is 4.99 Å². The van der Waals surface area contributed by atoms with Gasteiger partial charge in [-0.3, -0.25) is 9.59 Å². The van der Waals surface area contributed by atoms with E-state index in [-0.39, 0.29) is 41.8 Å². The van der Waals surface area contributed by atoms with E-state index >= 15 is 0 Å². The Labute approximate surface area is 197 Å². The summed E-state index contributed by atoms with van der Waals surface area (Å²) in [6.45, 7) is 9.85. The van der Waals surface area contributed by atoms with Gasteiger partial charge in [-0.1, -0.05) is 19.1 Å². The van der Waals surface area contributed by atoms with Gasteiger partial charge < -0.3 is 20.9 Å². The minimum Gasteiger partial charge on any atom is -0.357 e. The quantitative estimate of drug-likeness (QED) is 0.188. The summed E-state index contributed by atoms with van der Waals surface area (Å²) in [5, 5.41) is 9.54. The number of hydrogen-bond acceptors (Lipinski definition) is 3. The molecule has 0 saturated carbocycles. The van der Waals surface area contributed by atoms with Crippen molar-refractivity contribution in [1.82, 2.24) is 20.9 Å². The van der Waals surface area contributed by atoms with Crippen LogP contribution < -0.4 is 16.0 Å². The number of rotatable bonds is 10. The number of carbonyl (C=O) groups is 2. The van der Waals surface area contributed by atoms with Crippen LogP contribution in [0, 0.1) is 0 Å². The number of aliphatic imine (C=N–C) groups is 1. The van der Waals surface area contributed by atoms with Crippen LogP contribution in [0.3, 0.4) is 0 Å². The van der Waals surface area contributed by atoms with E-state index in [0.717, 1.165) is 57.0 Å². The van der Waals surface area contributed by atoms with Crippen LogP contribution in [0.1, 0.15) is 62.4 Å². The highest BCUT2D eigenvalue weighted by Gasteiger charge is 2.18. The molecular formula is C22H36IN5O2. The van der Waals surface area contributed by atoms with Gasteiger partial charge in [-0.15, -0.1) is 24.0 Å². The Balaban J connectivity index is 0.00000450. The SMILES string of the molecule is CCNC(=NCc1ccc(C(=O)NC(C)CC)cc1)NCCCN1CCCC1=O.I. The van der Waals surface area contributed by atoms with E-state index in [9.17, 15) is 9.59 Å². The van der Waals surface area contributed by atoms with Crippen molar-refractivity contribution in [3.8, 4) is 0 Å². The number of carbonyl (C=O) groups excluding carboxylic acids is 2. The fourth-order valence-corrected chi connectivity index (χ4v) is 3.10. The summed E-state index contributed by atoms with van der Waals surface area (Å²) >= 11 is 0. The normalized spacial score (nSPS) is 14.8. The van der Waals surface area contributed by atoms with Gasteiger partial charge in [-0.25, -0.2) is 4.99 Å². The van der Waals surface area contributed by atoms with Crippen LogP contribution in [0.25, 0.3) is 0 Å². The van der Waals surface area contributed by atoms with Crippen LogP contribution in [-0.2, 0) is 11.3 Å². The first kappa shape index (κ1) is 26.2. The van der Waals surface area contributed by atoms with Crippen LogP contribution in [0.5, 0.6) is 0 Å². The molecule has 0 bridgehead atoms. The van der Waals surface area contributed by atoms with E-state index in [2.05, 4.69) is 20.9 Å². The Kier molecular flexibility index (Phi) is 12.4. The van der Waals surface area contributed by atoms with Crippen LogP contribution in [0.4, 0.5) is 0 Å². The average Bonchev–Trinajstić information content (AvgIpc) is 3.14. The molecule has 30 heavy (non-hydrogen) atoms. The molecule has 1 heterocycles. The lowest BCUT2D eigenvalue weighted by molar-refractivity contribution is -0.127. The molecule has 1 aliphatic heterocycles. The number of hydrogen-bond donors (Lipinski definition) is 3. The average molecular weight is 529 g/mol. The Morgan fingerprint density at radius 2 is 1.93 bits per heavy atom. The Bertz CT molecular complexity index is 693. The zero-order chi connectivity index (χ0) is 21.1. The molecule has 7 nitrogen and oxygen atoms in total. The third kappa shape index (κ3) is 8.89. The molecule has 8 heteroatoms. The highest BCUT2D eigenvalue weighted by atomic mass is 127. The Morgan fingerprint density at radius 3 is 2.53 bits per heavy atom. The number of benzene rings is 1. The predicted molar refractivity (Wildman–Crippen MR) is 132 cm³/mol. The van der Waals surface area contributed by atoms with Crippen LogP contribution >= 0.6 is 24.0 Å². The zero-order valence-electron chi connectivity index (χ0n) is 18.4. The van der Waals surface area contributed by atoms with E-state index in [4.69, 9.17) is 0 Å². The molecule has 1 aromatic carbocycles. The molecule has 2 amide bonds. The van der Waals surface area contributed by atoms with Crippen LogP contribution in [-0.4, -0.2) is 54.9 Å². The molecule has 1 unspecified atom stereocenters. The van der Waals surface area contributed by atoms with Crippen LogP contribution in [0.15, 0.2) is 29.3 Å². The molecule has 0 radical (unpaired) electrons. The van der Waals surface area contributed by atoms with Crippen molar-refractivity contribution < 1.29 is 9.59 Å². The zero-order valence-corrected chi connectivity index (χ0v) is 20.7. The molecule has 1 aromatic rings. The van der Waals surface area contributed by atoms with Crippen molar-refractivity contribution in [1.29, 1.82) is 0 Å². The van der Waals surface area contributed by atoms with Crippen LogP contribution in [0.2, 0.25) is 0 Å². The summed E-state index contributed by atoms with van der Waals surface area (Å²) in [6.07, 6.45) is 3.48. The van der Waals surface area contributed by atoms with Gasteiger partial charge in [0.1, 0.15) is 0 Å². The fourth-order valence-electron chi connectivity index (χ4n) is 3.10. The number of guanidine groups is 1. The minimum absolute atomic E-state index is 0. The highest BCUT2D eigenvalue weighted by molar-refractivity contribution is 14.0. The third-order valence-electron chi connectivity index (χ3n) is 5.04. The lowest BCUT2D eigenvalue weighted by Crippen LogP contribution is -2.39. The number of likely N-dealkylation sites (tertiary alicyclic amines) is 1. The lowest BCUT2D eigenvalue weighted by Gasteiger charge is -2.16. The molecule has 1 saturated heterocycles. The second-order valence-corrected chi connectivity index (χ2v) is 7.44. The number of nitrogens with zero attached hydrogens (tertiary/aromatic N) is 2. The first-order chi connectivity index (χ1) is 14.0. The molecule has 1 aliphatic rings. The van der Waals surface area contributed by atoms with Crippen molar-refractivity contribution in [2.75, 3.05) is 26.2 Å². The summed E-state index contributed by atoms with van der Waals surface area (Å²) in [5.41, 5.74) is 1.71. The third-order valence-corrected chi connectivity index (χ3v) is 5.04. The largest absolute Gasteiger partial charge is 0.357 e. The monoisotopic (exact) mass is 529 g/mol. The summed E-state index contributed by atoms with van der Waals surface area (Å²) in [5.74, 6) is 0.992. The van der Waals surface area contributed by atoms with Gasteiger partial charge in [0, 0.05) is 44.2 Å². The van der Waals surface area contributed by atoms with Gasteiger partial charge in [-0.2, -0.15) is 0 Å². The van der Waals surface area contributed by atoms with Gasteiger partial charge in [-0.05, 0) is 50.8 Å². The molecule has 2 rings (SSSR count). The topological polar surface area (TPSA) is 85.8 Å². The van der Waals surface area contributed by atoms with Crippen molar-refractivity contribution in [2.45, 2.75) is 59.0 Å². The van der Waals surface area contributed by atoms with E-state index in [1.807, 2.05) is 49.9 Å². The molecular weight excluding hydrogens is 493 g/mol. The minimum atomic E-state index is -0.0408. The number of amides is 2. The van der Waals surface area contributed by atoms with Gasteiger partial charge in [0.25, 0.3) is 5.91 Å². The number of halogens is 1. The molecule has 3 N–H and O–H groups in total. The molecule has 1 fully saturated rings.